The van der Waals surface area contributed by atoms with Crippen LogP contribution in [0, 0.1) is 0 Å². The average Bonchev–Trinajstić information content (AvgIpc) is 2.67. The highest BCUT2D eigenvalue weighted by molar-refractivity contribution is 5.86. The number of nitrogens with two attached hydrogens (primary N) is 1. The fraction of sp³-hybridized carbons (Fsp3) is 0.118. The number of aromatic hydroxyl groups is 4. The number of methoxy groups -OCH3 is 2. The van der Waals surface area contributed by atoms with Gasteiger partial charge in [0.1, 0.15) is 0 Å². The smallest absolute Gasteiger partial charge is 0.234 e. The second-order valence-electron chi connectivity index (χ2n) is 5.28. The van der Waals surface area contributed by atoms with Gasteiger partial charge in [-0.05, 0) is 24.3 Å². The van der Waals surface area contributed by atoms with E-state index in [0.717, 1.165) is 0 Å². The molecular formula is C17H19N5O6. The van der Waals surface area contributed by atoms with Crippen LogP contribution in [-0.2, 0) is 0 Å². The van der Waals surface area contributed by atoms with Gasteiger partial charge in [0.05, 0.1) is 26.6 Å². The Labute approximate surface area is 159 Å². The Balaban J connectivity index is 2.03. The van der Waals surface area contributed by atoms with Crippen molar-refractivity contribution >= 4 is 18.4 Å². The fourth-order valence-electron chi connectivity index (χ4n) is 2.04. The van der Waals surface area contributed by atoms with Crippen LogP contribution in [0.5, 0.6) is 34.5 Å². The number of hydrazone groups is 1. The molecule has 0 heterocycles. The molecular weight excluding hydrogens is 370 g/mol. The Kier molecular flexibility index (Phi) is 6.47. The molecule has 0 amide bonds. The summed E-state index contributed by atoms with van der Waals surface area (Å²) in [5.74, 6) is -1.46. The van der Waals surface area contributed by atoms with Crippen molar-refractivity contribution in [2.45, 2.75) is 0 Å². The molecule has 0 aliphatic carbocycles. The first-order valence-electron chi connectivity index (χ1n) is 7.71. The number of nitrogens with zero attached hydrogens (tertiary/aromatic N) is 3. The van der Waals surface area contributed by atoms with Gasteiger partial charge in [-0.15, -0.1) is 5.10 Å². The largest absolute Gasteiger partial charge is 0.504 e. The molecule has 2 aromatic rings. The number of guanidine groups is 1. The molecule has 0 aromatic heterocycles. The van der Waals surface area contributed by atoms with E-state index in [4.69, 9.17) is 15.2 Å². The van der Waals surface area contributed by atoms with Crippen LogP contribution in [-0.4, -0.2) is 53.0 Å². The zero-order valence-electron chi connectivity index (χ0n) is 15.0. The van der Waals surface area contributed by atoms with Crippen LogP contribution >= 0.6 is 0 Å². The molecule has 0 bridgehead atoms. The van der Waals surface area contributed by atoms with Crippen molar-refractivity contribution in [3.63, 3.8) is 0 Å². The van der Waals surface area contributed by atoms with Crippen LogP contribution in [0.15, 0.2) is 39.6 Å². The van der Waals surface area contributed by atoms with Gasteiger partial charge in [-0.1, -0.05) is 0 Å². The van der Waals surface area contributed by atoms with Gasteiger partial charge in [-0.2, -0.15) is 10.2 Å². The third-order valence-electron chi connectivity index (χ3n) is 3.36. The number of hydrogen-bond donors (Lipinski definition) is 6. The minimum Gasteiger partial charge on any atom is -0.504 e. The lowest BCUT2D eigenvalue weighted by Gasteiger charge is -2.06. The molecule has 148 valence electrons. The van der Waals surface area contributed by atoms with E-state index < -0.39 is 0 Å². The van der Waals surface area contributed by atoms with Gasteiger partial charge in [-0.3, -0.25) is 0 Å². The van der Waals surface area contributed by atoms with Crippen molar-refractivity contribution in [3.8, 4) is 34.5 Å². The quantitative estimate of drug-likeness (QED) is 0.182. The maximum Gasteiger partial charge on any atom is 0.234 e. The van der Waals surface area contributed by atoms with E-state index in [1.165, 1.54) is 50.9 Å². The normalized spacial score (nSPS) is 11.9. The van der Waals surface area contributed by atoms with Crippen LogP contribution in [0.25, 0.3) is 0 Å². The summed E-state index contributed by atoms with van der Waals surface area (Å²) in [6.07, 6.45) is 2.60. The van der Waals surface area contributed by atoms with Gasteiger partial charge >= 0.3 is 0 Å². The summed E-state index contributed by atoms with van der Waals surface area (Å²) < 4.78 is 9.83. The molecule has 0 saturated carbocycles. The average molecular weight is 389 g/mol. The van der Waals surface area contributed by atoms with Gasteiger partial charge in [0.2, 0.25) is 17.5 Å². The Morgan fingerprint density at radius 1 is 0.893 bits per heavy atom. The Morgan fingerprint density at radius 3 is 1.89 bits per heavy atom. The first-order valence-corrected chi connectivity index (χ1v) is 7.71. The number of rotatable bonds is 6. The summed E-state index contributed by atoms with van der Waals surface area (Å²) in [4.78, 5) is 0. The van der Waals surface area contributed by atoms with E-state index in [0.29, 0.717) is 11.1 Å². The monoisotopic (exact) mass is 389 g/mol. The predicted molar refractivity (Wildman–Crippen MR) is 103 cm³/mol. The lowest BCUT2D eigenvalue weighted by molar-refractivity contribution is 0.351. The standard InChI is InChI=1S/C17H19N5O6/c1-27-13-5-9(3-11(23)15(13)25)7-19-21-17(18)22-20-8-10-4-12(24)16(26)14(6-10)28-2/h3-8,23-26H,1-2H3,(H3,18,21,22). The van der Waals surface area contributed by atoms with Crippen molar-refractivity contribution in [3.05, 3.63) is 35.4 Å². The number of benzene rings is 2. The molecule has 0 radical (unpaired) electrons. The van der Waals surface area contributed by atoms with Crippen LogP contribution in [0.2, 0.25) is 0 Å². The molecule has 11 nitrogen and oxygen atoms in total. The van der Waals surface area contributed by atoms with Crippen molar-refractivity contribution in [2.24, 2.45) is 21.0 Å². The maximum absolute atomic E-state index is 9.60. The summed E-state index contributed by atoms with van der Waals surface area (Å²) in [5, 5.41) is 49.5. The van der Waals surface area contributed by atoms with E-state index in [1.807, 2.05) is 0 Å². The summed E-state index contributed by atoms with van der Waals surface area (Å²) in [6.45, 7) is 0. The molecule has 11 heteroatoms. The predicted octanol–water partition coefficient (Wildman–Crippen LogP) is 0.798. The molecule has 0 aliphatic rings. The third kappa shape index (κ3) is 4.94. The molecule has 0 unspecified atom stereocenters. The minimum atomic E-state index is -0.379. The molecule has 0 aliphatic heterocycles. The van der Waals surface area contributed by atoms with Gasteiger partial charge in [0.15, 0.2) is 23.0 Å². The van der Waals surface area contributed by atoms with Gasteiger partial charge in [0.25, 0.3) is 0 Å². The SMILES string of the molecule is COc1cc(C=NN=C(N)NN=Cc2cc(O)c(O)c(OC)c2)cc(O)c1O. The van der Waals surface area contributed by atoms with E-state index in [-0.39, 0.29) is 40.5 Å². The third-order valence-corrected chi connectivity index (χ3v) is 3.36. The van der Waals surface area contributed by atoms with Crippen LogP contribution < -0.4 is 20.6 Å². The van der Waals surface area contributed by atoms with Crippen molar-refractivity contribution in [1.29, 1.82) is 0 Å². The minimum absolute atomic E-state index is 0.0775. The molecule has 2 aromatic carbocycles. The number of ether oxygens (including phenoxy) is 2. The molecule has 0 fully saturated rings. The van der Waals surface area contributed by atoms with Crippen molar-refractivity contribution in [2.75, 3.05) is 14.2 Å². The number of phenolic OH excluding ortho intramolecular Hbond substituents is 4. The molecule has 28 heavy (non-hydrogen) atoms. The first kappa shape index (κ1) is 20.2. The van der Waals surface area contributed by atoms with Crippen LogP contribution in [0.4, 0.5) is 0 Å². The lowest BCUT2D eigenvalue weighted by Crippen LogP contribution is -2.26. The van der Waals surface area contributed by atoms with E-state index in [1.54, 1.807) is 0 Å². The van der Waals surface area contributed by atoms with Gasteiger partial charge in [-0.25, -0.2) is 5.43 Å². The molecule has 7 N–H and O–H groups in total. The summed E-state index contributed by atoms with van der Waals surface area (Å²) in [6, 6.07) is 5.44. The van der Waals surface area contributed by atoms with Crippen molar-refractivity contribution < 1.29 is 29.9 Å². The fourth-order valence-corrected chi connectivity index (χ4v) is 2.04. The summed E-state index contributed by atoms with van der Waals surface area (Å²) >= 11 is 0. The molecule has 0 spiro atoms. The highest BCUT2D eigenvalue weighted by Crippen LogP contribution is 2.36. The molecule has 0 atom stereocenters. The highest BCUT2D eigenvalue weighted by Gasteiger charge is 2.09. The zero-order valence-corrected chi connectivity index (χ0v) is 15.0. The van der Waals surface area contributed by atoms with Crippen LogP contribution in [0.1, 0.15) is 11.1 Å². The van der Waals surface area contributed by atoms with Gasteiger partial charge < -0.3 is 35.6 Å². The number of phenols is 4. The maximum atomic E-state index is 9.60. The highest BCUT2D eigenvalue weighted by atomic mass is 16.5. The van der Waals surface area contributed by atoms with E-state index in [2.05, 4.69) is 20.7 Å². The Morgan fingerprint density at radius 2 is 1.39 bits per heavy atom. The summed E-state index contributed by atoms with van der Waals surface area (Å²) in [7, 11) is 2.69. The van der Waals surface area contributed by atoms with E-state index in [9.17, 15) is 20.4 Å². The number of nitrogens with one attached hydrogen (secondary N) is 1. The van der Waals surface area contributed by atoms with Gasteiger partial charge in [0, 0.05) is 11.1 Å². The second kappa shape index (κ2) is 8.98. The first-order chi connectivity index (χ1) is 13.3. The number of hydrogen-bond acceptors (Lipinski definition) is 9. The van der Waals surface area contributed by atoms with Crippen LogP contribution in [0.3, 0.4) is 0 Å². The lowest BCUT2D eigenvalue weighted by atomic mass is 10.2. The Bertz CT molecular complexity index is 942. The molecule has 0 saturated heterocycles. The Hall–Kier alpha value is -4.15. The second-order valence-corrected chi connectivity index (χ2v) is 5.28. The zero-order chi connectivity index (χ0) is 20.7. The van der Waals surface area contributed by atoms with E-state index >= 15 is 0 Å². The van der Waals surface area contributed by atoms with Crippen molar-refractivity contribution in [1.82, 2.24) is 5.43 Å². The summed E-state index contributed by atoms with van der Waals surface area (Å²) in [5.41, 5.74) is 8.87. The molecule has 2 rings (SSSR count). The topological polar surface area (TPSA) is 175 Å².